The van der Waals surface area contributed by atoms with Gasteiger partial charge in [-0.3, -0.25) is 4.79 Å². The van der Waals surface area contributed by atoms with E-state index >= 15 is 0 Å². The quantitative estimate of drug-likeness (QED) is 0.847. The number of rotatable bonds is 2. The van der Waals surface area contributed by atoms with Crippen molar-refractivity contribution in [2.45, 2.75) is 43.8 Å². The molecule has 2 aliphatic rings. The second-order valence-electron chi connectivity index (χ2n) is 6.66. The minimum absolute atomic E-state index is 0. The Kier molecular flexibility index (Phi) is 4.65. The molecule has 6 heteroatoms. The van der Waals surface area contributed by atoms with Crippen molar-refractivity contribution in [2.75, 3.05) is 7.05 Å². The monoisotopic (exact) mass is 348 g/mol. The normalized spacial score (nSPS) is 25.3. The van der Waals surface area contributed by atoms with Crippen molar-refractivity contribution in [3.63, 3.8) is 0 Å². The number of hydrogen-bond acceptors (Lipinski definition) is 4. The highest BCUT2D eigenvalue weighted by molar-refractivity contribution is 5.96. The van der Waals surface area contributed by atoms with Gasteiger partial charge < -0.3 is 14.6 Å². The van der Waals surface area contributed by atoms with E-state index in [4.69, 9.17) is 4.42 Å². The fraction of sp³-hybridized carbons (Fsp3) is 0.444. The molecule has 1 aromatic carbocycles. The van der Waals surface area contributed by atoms with E-state index < -0.39 is 5.63 Å². The van der Waals surface area contributed by atoms with Crippen LogP contribution in [0, 0.1) is 0 Å². The maximum Gasteiger partial charge on any atom is 0.349 e. The van der Waals surface area contributed by atoms with Crippen LogP contribution in [0.4, 0.5) is 0 Å². The van der Waals surface area contributed by atoms with Gasteiger partial charge in [-0.1, -0.05) is 18.2 Å². The minimum Gasteiger partial charge on any atom is -0.422 e. The molecule has 0 radical (unpaired) electrons. The third-order valence-corrected chi connectivity index (χ3v) is 5.19. The molecule has 24 heavy (non-hydrogen) atoms. The smallest absolute Gasteiger partial charge is 0.349 e. The molecular weight excluding hydrogens is 328 g/mol. The summed E-state index contributed by atoms with van der Waals surface area (Å²) in [6.07, 6.45) is 4.28. The van der Waals surface area contributed by atoms with Crippen LogP contribution in [0.1, 0.15) is 36.0 Å². The molecular formula is C18H21ClN2O3. The van der Waals surface area contributed by atoms with E-state index in [0.29, 0.717) is 17.7 Å². The van der Waals surface area contributed by atoms with Gasteiger partial charge in [0, 0.05) is 30.6 Å². The molecule has 1 N–H and O–H groups in total. The number of carbonyl (C=O) groups is 1. The van der Waals surface area contributed by atoms with Gasteiger partial charge >= 0.3 is 5.63 Å². The van der Waals surface area contributed by atoms with Gasteiger partial charge in [0.05, 0.1) is 0 Å². The molecule has 128 valence electrons. The number of nitrogens with one attached hydrogen (secondary N) is 1. The highest BCUT2D eigenvalue weighted by Crippen LogP contribution is 2.29. The van der Waals surface area contributed by atoms with Crippen molar-refractivity contribution in [3.8, 4) is 0 Å². The highest BCUT2D eigenvalue weighted by Gasteiger charge is 2.37. The lowest BCUT2D eigenvalue weighted by atomic mass is 9.98. The first-order valence-corrected chi connectivity index (χ1v) is 8.18. The molecule has 2 bridgehead atoms. The number of hydrogen-bond donors (Lipinski definition) is 1. The SMILES string of the molecule is CN(C(=O)c1cc2ccccc2oc1=O)C1CC2CCC(C1)N2.Cl. The van der Waals surface area contributed by atoms with Gasteiger partial charge in [0.1, 0.15) is 11.1 Å². The van der Waals surface area contributed by atoms with Gasteiger partial charge in [-0.15, -0.1) is 12.4 Å². The molecule has 1 amide bonds. The highest BCUT2D eigenvalue weighted by atomic mass is 35.5. The summed E-state index contributed by atoms with van der Waals surface area (Å²) >= 11 is 0. The molecule has 5 nitrogen and oxygen atoms in total. The van der Waals surface area contributed by atoms with E-state index in [1.807, 2.05) is 18.2 Å². The maximum absolute atomic E-state index is 12.8. The van der Waals surface area contributed by atoms with Gasteiger partial charge in [0.25, 0.3) is 5.91 Å². The second-order valence-corrected chi connectivity index (χ2v) is 6.66. The van der Waals surface area contributed by atoms with E-state index in [1.165, 1.54) is 12.8 Å². The van der Waals surface area contributed by atoms with Crippen molar-refractivity contribution >= 4 is 29.3 Å². The predicted octanol–water partition coefficient (Wildman–Crippen LogP) is 2.57. The zero-order valence-electron chi connectivity index (χ0n) is 13.5. The molecule has 1 aromatic heterocycles. The summed E-state index contributed by atoms with van der Waals surface area (Å²) in [5.41, 5.74) is 0.0751. The average molecular weight is 349 g/mol. The molecule has 0 aliphatic carbocycles. The number of nitrogens with zero attached hydrogens (tertiary/aromatic N) is 1. The van der Waals surface area contributed by atoms with Gasteiger partial charge in [-0.05, 0) is 37.8 Å². The lowest BCUT2D eigenvalue weighted by molar-refractivity contribution is 0.0677. The van der Waals surface area contributed by atoms with Crippen LogP contribution in [0.25, 0.3) is 11.0 Å². The van der Waals surface area contributed by atoms with Gasteiger partial charge in [0.15, 0.2) is 0 Å². The molecule has 2 aromatic rings. The van der Waals surface area contributed by atoms with E-state index in [0.717, 1.165) is 18.2 Å². The van der Waals surface area contributed by atoms with Crippen LogP contribution < -0.4 is 10.9 Å². The van der Waals surface area contributed by atoms with E-state index in [9.17, 15) is 9.59 Å². The van der Waals surface area contributed by atoms with Gasteiger partial charge in [-0.25, -0.2) is 4.79 Å². The van der Waals surface area contributed by atoms with Gasteiger partial charge in [-0.2, -0.15) is 0 Å². The Bertz CT molecular complexity index is 807. The summed E-state index contributed by atoms with van der Waals surface area (Å²) in [5, 5.41) is 4.34. The predicted molar refractivity (Wildman–Crippen MR) is 94.8 cm³/mol. The van der Waals surface area contributed by atoms with Crippen molar-refractivity contribution in [3.05, 3.63) is 46.3 Å². The Hall–Kier alpha value is -1.85. The van der Waals surface area contributed by atoms with Crippen LogP contribution in [-0.4, -0.2) is 36.0 Å². The first kappa shape index (κ1) is 17.0. The Morgan fingerprint density at radius 3 is 2.58 bits per heavy atom. The topological polar surface area (TPSA) is 62.6 Å². The number of halogens is 1. The Balaban J connectivity index is 0.00000169. The molecule has 2 unspecified atom stereocenters. The van der Waals surface area contributed by atoms with E-state index in [2.05, 4.69) is 5.32 Å². The molecule has 4 rings (SSSR count). The van der Waals surface area contributed by atoms with Crippen LogP contribution in [0.2, 0.25) is 0 Å². The van der Waals surface area contributed by atoms with E-state index in [1.54, 1.807) is 24.1 Å². The van der Waals surface area contributed by atoms with Gasteiger partial charge in [0.2, 0.25) is 0 Å². The molecule has 2 aliphatic heterocycles. The number of benzene rings is 1. The summed E-state index contributed by atoms with van der Waals surface area (Å²) in [4.78, 5) is 26.7. The van der Waals surface area contributed by atoms with Crippen LogP contribution in [0.5, 0.6) is 0 Å². The third kappa shape index (κ3) is 2.94. The van der Waals surface area contributed by atoms with Crippen LogP contribution in [0.3, 0.4) is 0 Å². The molecule has 3 heterocycles. The lowest BCUT2D eigenvalue weighted by Crippen LogP contribution is -2.49. The Morgan fingerprint density at radius 2 is 1.88 bits per heavy atom. The average Bonchev–Trinajstić information content (AvgIpc) is 2.91. The number of carbonyl (C=O) groups excluding carboxylic acids is 1. The molecule has 0 saturated carbocycles. The standard InChI is InChI=1S/C18H20N2O3.ClH/c1-20(14-9-12-6-7-13(10-14)19-12)17(21)15-8-11-4-2-3-5-16(11)23-18(15)22;/h2-5,8,12-14,19H,6-7,9-10H2,1H3;1H. The first-order valence-electron chi connectivity index (χ1n) is 8.18. The zero-order chi connectivity index (χ0) is 16.0. The van der Waals surface area contributed by atoms with Crippen molar-refractivity contribution in [1.82, 2.24) is 10.2 Å². The fourth-order valence-corrected chi connectivity index (χ4v) is 3.91. The number of para-hydroxylation sites is 1. The minimum atomic E-state index is -0.558. The molecule has 2 fully saturated rings. The first-order chi connectivity index (χ1) is 11.1. The lowest BCUT2D eigenvalue weighted by Gasteiger charge is -2.35. The summed E-state index contributed by atoms with van der Waals surface area (Å²) in [7, 11) is 1.80. The summed E-state index contributed by atoms with van der Waals surface area (Å²) < 4.78 is 5.29. The largest absolute Gasteiger partial charge is 0.422 e. The Labute approximate surface area is 146 Å². The maximum atomic E-state index is 12.8. The second kappa shape index (κ2) is 6.57. The van der Waals surface area contributed by atoms with Crippen LogP contribution in [0.15, 0.2) is 39.5 Å². The zero-order valence-corrected chi connectivity index (χ0v) is 14.3. The molecule has 2 atom stereocenters. The van der Waals surface area contributed by atoms with Crippen molar-refractivity contribution in [1.29, 1.82) is 0 Å². The summed E-state index contributed by atoms with van der Waals surface area (Å²) in [6.45, 7) is 0. The Morgan fingerprint density at radius 1 is 1.21 bits per heavy atom. The summed E-state index contributed by atoms with van der Waals surface area (Å²) in [6, 6.07) is 10.1. The third-order valence-electron chi connectivity index (χ3n) is 5.19. The van der Waals surface area contributed by atoms with Crippen molar-refractivity contribution < 1.29 is 9.21 Å². The van der Waals surface area contributed by atoms with Crippen molar-refractivity contribution in [2.24, 2.45) is 0 Å². The van der Waals surface area contributed by atoms with Crippen LogP contribution >= 0.6 is 12.4 Å². The molecule has 2 saturated heterocycles. The molecule has 0 spiro atoms. The number of amides is 1. The van der Waals surface area contributed by atoms with Crippen LogP contribution in [-0.2, 0) is 0 Å². The van der Waals surface area contributed by atoms with E-state index in [-0.39, 0.29) is 29.9 Å². The summed E-state index contributed by atoms with van der Waals surface area (Å²) in [5.74, 6) is -0.240. The number of piperidine rings is 1. The fourth-order valence-electron chi connectivity index (χ4n) is 3.91. The number of fused-ring (bicyclic) bond motifs is 3.